The van der Waals surface area contributed by atoms with Crippen LogP contribution < -0.4 is 0 Å². The highest BCUT2D eigenvalue weighted by Crippen LogP contribution is 2.79. The van der Waals surface area contributed by atoms with Gasteiger partial charge in [0.25, 0.3) is 0 Å². The summed E-state index contributed by atoms with van der Waals surface area (Å²) in [5, 5.41) is 62.5. The molecule has 45 heavy (non-hydrogen) atoms. The van der Waals surface area contributed by atoms with Crippen LogP contribution in [0, 0.1) is 56.7 Å². The van der Waals surface area contributed by atoms with Gasteiger partial charge in [-0.05, 0) is 103 Å². The molecule has 0 spiro atoms. The summed E-state index contributed by atoms with van der Waals surface area (Å²) in [5.41, 5.74) is 0.308. The van der Waals surface area contributed by atoms with Crippen molar-refractivity contribution in [1.82, 2.24) is 0 Å². The third-order valence-corrected chi connectivity index (χ3v) is 16.0. The van der Waals surface area contributed by atoms with Gasteiger partial charge in [0.05, 0.1) is 18.1 Å². The van der Waals surface area contributed by atoms with Gasteiger partial charge in [0.15, 0.2) is 6.29 Å². The topological polar surface area (TPSA) is 157 Å². The second-order valence-corrected chi connectivity index (χ2v) is 17.0. The second-order valence-electron chi connectivity index (χ2n) is 17.0. The molecule has 5 aliphatic carbocycles. The van der Waals surface area contributed by atoms with Crippen LogP contribution in [0.5, 0.6) is 0 Å². The van der Waals surface area contributed by atoms with Crippen molar-refractivity contribution < 1.29 is 44.9 Å². The van der Waals surface area contributed by atoms with Crippen molar-refractivity contribution in [2.24, 2.45) is 56.7 Å². The number of allylic oxidation sites excluding steroid dienone is 2. The molecule has 0 unspecified atom stereocenters. The molecule has 256 valence electrons. The van der Waals surface area contributed by atoms with Crippen LogP contribution in [-0.4, -0.2) is 86.6 Å². The fraction of sp³-hybridized carbons (Fsp3) is 0.917. The average Bonchev–Trinajstić information content (AvgIpc) is 3.01. The smallest absolute Gasteiger partial charge is 0.310 e. The second kappa shape index (κ2) is 11.2. The molecule has 9 heteroatoms. The number of carboxylic acids is 1. The highest BCUT2D eigenvalue weighted by molar-refractivity contribution is 5.76. The predicted molar refractivity (Wildman–Crippen MR) is 167 cm³/mol. The molecule has 9 nitrogen and oxygen atoms in total. The first kappa shape index (κ1) is 33.8. The summed E-state index contributed by atoms with van der Waals surface area (Å²) in [4.78, 5) is 13.0. The Labute approximate surface area is 268 Å². The quantitative estimate of drug-likeness (QED) is 0.195. The standard InChI is InChI=1S/C36H58O9/c1-19-7-14-36(31(42)43)16-15-33(4)23(26(36)20(19)2)9-13-34(5)32(3)11-10-24(21(17-37)22(32)8-12-35(33,34)6)44-30-29(41)28(40)27(39)25(18-38)45-30/h9,19-22,24-30,37-41H,7-8,10-18H2,1-6H3,(H,42,43)/t19-,20+,21-,22+,24+,25-,26+,27-,28+,29-,30-,32+,33-,34-,35+,36+/m1/s1. The molecule has 1 saturated heterocycles. The van der Waals surface area contributed by atoms with E-state index >= 15 is 0 Å². The molecule has 0 aromatic heterocycles. The summed E-state index contributed by atoms with van der Waals surface area (Å²) in [6, 6.07) is 0. The molecule has 1 aliphatic heterocycles. The van der Waals surface area contributed by atoms with Crippen LogP contribution in [0.25, 0.3) is 0 Å². The van der Waals surface area contributed by atoms with Gasteiger partial charge in [-0.15, -0.1) is 0 Å². The van der Waals surface area contributed by atoms with Crippen LogP contribution in [0.3, 0.4) is 0 Å². The summed E-state index contributed by atoms with van der Waals surface area (Å²) in [6.45, 7) is 13.8. The van der Waals surface area contributed by atoms with Crippen LogP contribution in [0.1, 0.15) is 99.3 Å². The van der Waals surface area contributed by atoms with E-state index in [4.69, 9.17) is 9.47 Å². The molecular weight excluding hydrogens is 576 g/mol. The van der Waals surface area contributed by atoms with Crippen molar-refractivity contribution in [2.75, 3.05) is 13.2 Å². The number of aliphatic hydroxyl groups excluding tert-OH is 5. The summed E-state index contributed by atoms with van der Waals surface area (Å²) in [6.07, 6.45) is 2.95. The van der Waals surface area contributed by atoms with Gasteiger partial charge in [0.1, 0.15) is 24.4 Å². The summed E-state index contributed by atoms with van der Waals surface area (Å²) in [5.74, 6) is 0.182. The number of aliphatic hydroxyl groups is 5. The van der Waals surface area contributed by atoms with Crippen LogP contribution >= 0.6 is 0 Å². The average molecular weight is 635 g/mol. The van der Waals surface area contributed by atoms with Crippen molar-refractivity contribution in [3.63, 3.8) is 0 Å². The van der Waals surface area contributed by atoms with E-state index in [1.54, 1.807) is 0 Å². The predicted octanol–water partition coefficient (Wildman–Crippen LogP) is 3.89. The maximum atomic E-state index is 13.0. The Kier molecular flexibility index (Phi) is 8.45. The Hall–Kier alpha value is -1.07. The molecule has 6 rings (SSSR count). The largest absolute Gasteiger partial charge is 0.481 e. The number of fused-ring (bicyclic) bond motifs is 7. The zero-order valence-corrected chi connectivity index (χ0v) is 28.1. The van der Waals surface area contributed by atoms with E-state index in [9.17, 15) is 35.4 Å². The minimum absolute atomic E-state index is 0.0530. The van der Waals surface area contributed by atoms with Crippen LogP contribution in [0.4, 0.5) is 0 Å². The first-order valence-electron chi connectivity index (χ1n) is 17.6. The van der Waals surface area contributed by atoms with Gasteiger partial charge in [-0.2, -0.15) is 0 Å². The molecule has 0 radical (unpaired) electrons. The summed E-state index contributed by atoms with van der Waals surface area (Å²) in [7, 11) is 0. The normalized spacial score (nSPS) is 56.2. The Balaban J connectivity index is 1.32. The molecule has 0 amide bonds. The van der Waals surface area contributed by atoms with Gasteiger partial charge < -0.3 is 40.1 Å². The number of carbonyl (C=O) groups is 1. The lowest BCUT2D eigenvalue weighted by Gasteiger charge is -2.75. The first-order chi connectivity index (χ1) is 21.1. The zero-order chi connectivity index (χ0) is 32.9. The maximum absolute atomic E-state index is 13.0. The van der Waals surface area contributed by atoms with Gasteiger partial charge in [-0.1, -0.05) is 53.2 Å². The Morgan fingerprint density at radius 1 is 0.889 bits per heavy atom. The summed E-state index contributed by atoms with van der Waals surface area (Å²) < 4.78 is 12.0. The van der Waals surface area contributed by atoms with E-state index in [1.165, 1.54) is 5.57 Å². The summed E-state index contributed by atoms with van der Waals surface area (Å²) >= 11 is 0. The van der Waals surface area contributed by atoms with E-state index in [-0.39, 0.29) is 46.0 Å². The van der Waals surface area contributed by atoms with Gasteiger partial charge in [-0.25, -0.2) is 0 Å². The van der Waals surface area contributed by atoms with E-state index < -0.39 is 54.8 Å². The molecule has 0 bridgehead atoms. The zero-order valence-electron chi connectivity index (χ0n) is 28.1. The van der Waals surface area contributed by atoms with Gasteiger partial charge in [0, 0.05) is 12.5 Å². The van der Waals surface area contributed by atoms with E-state index in [0.717, 1.165) is 51.4 Å². The SMILES string of the molecule is C[C@H]1[C@H](C)CC[C@]2(C(=O)O)CC[C@]3(C)C(=CC[C@@]4(C)[C@@]3(C)CC[C@H]3[C@@H](CO)[C@@H](O[C@@H]5O[C@H](CO)[C@@H](O)[C@H](O)[C@H]5O)CC[C@@]34C)[C@H]12. The Bertz CT molecular complexity index is 1190. The number of hydrogen-bond donors (Lipinski definition) is 6. The molecule has 6 aliphatic rings. The maximum Gasteiger partial charge on any atom is 0.310 e. The number of aliphatic carboxylic acids is 1. The van der Waals surface area contributed by atoms with Crippen molar-refractivity contribution in [3.05, 3.63) is 11.6 Å². The molecule has 1 heterocycles. The third-order valence-electron chi connectivity index (χ3n) is 16.0. The van der Waals surface area contributed by atoms with Crippen LogP contribution in [0.2, 0.25) is 0 Å². The lowest BCUT2D eigenvalue weighted by Crippen LogP contribution is -2.69. The van der Waals surface area contributed by atoms with Gasteiger partial charge in [-0.3, -0.25) is 4.79 Å². The highest BCUT2D eigenvalue weighted by atomic mass is 16.7. The van der Waals surface area contributed by atoms with Gasteiger partial charge >= 0.3 is 5.97 Å². The molecule has 0 aromatic carbocycles. The number of rotatable bonds is 5. The lowest BCUT2D eigenvalue weighted by molar-refractivity contribution is -0.327. The first-order valence-corrected chi connectivity index (χ1v) is 17.6. The van der Waals surface area contributed by atoms with Crippen molar-refractivity contribution in [2.45, 2.75) is 136 Å². The van der Waals surface area contributed by atoms with Crippen LogP contribution in [0.15, 0.2) is 11.6 Å². The third kappa shape index (κ3) is 4.33. The Morgan fingerprint density at radius 3 is 2.24 bits per heavy atom. The van der Waals surface area contributed by atoms with Crippen molar-refractivity contribution >= 4 is 5.97 Å². The van der Waals surface area contributed by atoms with Crippen molar-refractivity contribution in [3.8, 4) is 0 Å². The molecule has 0 aromatic rings. The fourth-order valence-corrected chi connectivity index (χ4v) is 12.4. The Morgan fingerprint density at radius 2 is 1.60 bits per heavy atom. The molecule has 4 saturated carbocycles. The lowest BCUT2D eigenvalue weighted by atomic mass is 9.29. The minimum atomic E-state index is -1.51. The van der Waals surface area contributed by atoms with E-state index in [1.807, 2.05) is 0 Å². The molecule has 16 atom stereocenters. The van der Waals surface area contributed by atoms with Crippen molar-refractivity contribution in [1.29, 1.82) is 0 Å². The number of hydrogen-bond acceptors (Lipinski definition) is 8. The number of ether oxygens (including phenoxy) is 2. The van der Waals surface area contributed by atoms with E-state index in [0.29, 0.717) is 18.3 Å². The van der Waals surface area contributed by atoms with E-state index in [2.05, 4.69) is 47.6 Å². The van der Waals surface area contributed by atoms with Crippen LogP contribution in [-0.2, 0) is 14.3 Å². The molecular formula is C36H58O9. The van der Waals surface area contributed by atoms with Gasteiger partial charge in [0.2, 0.25) is 0 Å². The fourth-order valence-electron chi connectivity index (χ4n) is 12.4. The molecule has 6 N–H and O–H groups in total. The highest BCUT2D eigenvalue weighted by Gasteiger charge is 2.73. The minimum Gasteiger partial charge on any atom is -0.481 e. The monoisotopic (exact) mass is 634 g/mol. The molecule has 5 fully saturated rings. The number of carboxylic acid groups (broad SMARTS) is 1.